The summed E-state index contributed by atoms with van der Waals surface area (Å²) in [5.74, 6) is 0.243. The molecule has 0 radical (unpaired) electrons. The highest BCUT2D eigenvalue weighted by Gasteiger charge is 2.20. The Morgan fingerprint density at radius 3 is 2.21 bits per heavy atom. The molecule has 4 nitrogen and oxygen atoms in total. The van der Waals surface area contributed by atoms with Gasteiger partial charge in [0.2, 0.25) is 11.3 Å². The molecule has 0 unspecified atom stereocenters. The molecular formula is C25H19NO3. The Morgan fingerprint density at radius 1 is 0.828 bits per heavy atom. The summed E-state index contributed by atoms with van der Waals surface area (Å²) in [5.41, 5.74) is 2.03. The summed E-state index contributed by atoms with van der Waals surface area (Å²) in [5, 5.41) is 0.395. The summed E-state index contributed by atoms with van der Waals surface area (Å²) in [6.07, 6.45) is 4.55. The van der Waals surface area contributed by atoms with Crippen LogP contribution in [0.1, 0.15) is 15.9 Å². The van der Waals surface area contributed by atoms with E-state index in [4.69, 9.17) is 4.42 Å². The maximum atomic E-state index is 12.9. The van der Waals surface area contributed by atoms with Crippen LogP contribution in [0.15, 0.2) is 100 Å². The zero-order valence-electron chi connectivity index (χ0n) is 15.7. The van der Waals surface area contributed by atoms with Crippen LogP contribution in [0.2, 0.25) is 0 Å². The van der Waals surface area contributed by atoms with Crippen molar-refractivity contribution in [1.29, 1.82) is 0 Å². The minimum atomic E-state index is -0.329. The highest BCUT2D eigenvalue weighted by atomic mass is 16.4. The summed E-state index contributed by atoms with van der Waals surface area (Å²) in [4.78, 5) is 26.5. The van der Waals surface area contributed by atoms with E-state index < -0.39 is 0 Å². The second-order valence-corrected chi connectivity index (χ2v) is 6.52. The van der Waals surface area contributed by atoms with E-state index in [9.17, 15) is 9.59 Å². The summed E-state index contributed by atoms with van der Waals surface area (Å²) in [6.45, 7) is 0.432. The number of anilines is 2. The van der Waals surface area contributed by atoms with Gasteiger partial charge in [0.25, 0.3) is 0 Å². The smallest absolute Gasteiger partial charge is 0.215 e. The van der Waals surface area contributed by atoms with Gasteiger partial charge in [-0.2, -0.15) is 0 Å². The van der Waals surface area contributed by atoms with Crippen molar-refractivity contribution in [3.05, 3.63) is 112 Å². The zero-order valence-corrected chi connectivity index (χ0v) is 15.7. The number of carbonyl (C=O) groups is 1. The summed E-state index contributed by atoms with van der Waals surface area (Å²) >= 11 is 0. The molecular weight excluding hydrogens is 362 g/mol. The van der Waals surface area contributed by atoms with Crippen LogP contribution in [-0.2, 0) is 0 Å². The van der Waals surface area contributed by atoms with Gasteiger partial charge < -0.3 is 9.32 Å². The molecule has 29 heavy (non-hydrogen) atoms. The van der Waals surface area contributed by atoms with Gasteiger partial charge in [0.1, 0.15) is 11.1 Å². The molecule has 0 saturated carbocycles. The standard InChI is InChI=1S/C25H19NO3/c27-18-22-24(28)21-15-7-8-16-23(21)29-25(22)26(20-13-5-2-6-14-20)17-9-12-19-10-3-1-4-11-19/h1-16,18H,17H2/b12-9+. The van der Waals surface area contributed by atoms with Crippen molar-refractivity contribution in [2.45, 2.75) is 0 Å². The van der Waals surface area contributed by atoms with Crippen molar-refractivity contribution in [3.8, 4) is 0 Å². The second-order valence-electron chi connectivity index (χ2n) is 6.52. The molecule has 0 amide bonds. The van der Waals surface area contributed by atoms with Crippen LogP contribution >= 0.6 is 0 Å². The van der Waals surface area contributed by atoms with Gasteiger partial charge in [0.05, 0.1) is 5.39 Å². The van der Waals surface area contributed by atoms with Crippen LogP contribution in [0.3, 0.4) is 0 Å². The van der Waals surface area contributed by atoms with E-state index in [0.29, 0.717) is 23.8 Å². The molecule has 0 atom stereocenters. The van der Waals surface area contributed by atoms with E-state index in [1.165, 1.54) is 0 Å². The average molecular weight is 381 g/mol. The first-order chi connectivity index (χ1) is 14.3. The SMILES string of the molecule is O=Cc1c(N(C/C=C/c2ccccc2)c2ccccc2)oc2ccccc2c1=O. The normalized spacial score (nSPS) is 11.0. The predicted molar refractivity (Wildman–Crippen MR) is 117 cm³/mol. The maximum absolute atomic E-state index is 12.9. The Hall–Kier alpha value is -3.92. The predicted octanol–water partition coefficient (Wildman–Crippen LogP) is 5.46. The van der Waals surface area contributed by atoms with Gasteiger partial charge in [-0.05, 0) is 29.8 Å². The molecule has 0 saturated heterocycles. The Balaban J connectivity index is 1.82. The molecule has 4 heteroatoms. The van der Waals surface area contributed by atoms with Gasteiger partial charge in [-0.25, -0.2) is 0 Å². The van der Waals surface area contributed by atoms with Crippen molar-refractivity contribution < 1.29 is 9.21 Å². The van der Waals surface area contributed by atoms with E-state index in [1.807, 2.05) is 77.7 Å². The van der Waals surface area contributed by atoms with Gasteiger partial charge in [-0.1, -0.05) is 72.8 Å². The topological polar surface area (TPSA) is 50.5 Å². The summed E-state index contributed by atoms with van der Waals surface area (Å²) in [6, 6.07) is 26.5. The van der Waals surface area contributed by atoms with E-state index >= 15 is 0 Å². The lowest BCUT2D eigenvalue weighted by Gasteiger charge is -2.23. The molecule has 3 aromatic carbocycles. The van der Waals surface area contributed by atoms with Crippen LogP contribution in [-0.4, -0.2) is 12.8 Å². The molecule has 142 valence electrons. The van der Waals surface area contributed by atoms with Crippen LogP contribution in [0.5, 0.6) is 0 Å². The molecule has 0 N–H and O–H groups in total. The minimum absolute atomic E-state index is 0.0145. The lowest BCUT2D eigenvalue weighted by Crippen LogP contribution is -2.22. The molecule has 1 aromatic heterocycles. The van der Waals surface area contributed by atoms with Crippen LogP contribution < -0.4 is 10.3 Å². The van der Waals surface area contributed by atoms with Crippen molar-refractivity contribution in [1.82, 2.24) is 0 Å². The van der Waals surface area contributed by atoms with Crippen molar-refractivity contribution in [2.24, 2.45) is 0 Å². The van der Waals surface area contributed by atoms with Gasteiger partial charge in [0, 0.05) is 12.2 Å². The number of para-hydroxylation sites is 2. The molecule has 4 aromatic rings. The summed E-state index contributed by atoms with van der Waals surface area (Å²) < 4.78 is 6.04. The van der Waals surface area contributed by atoms with Crippen LogP contribution in [0, 0.1) is 0 Å². The quantitative estimate of drug-likeness (QED) is 0.416. The number of hydrogen-bond donors (Lipinski definition) is 0. The lowest BCUT2D eigenvalue weighted by molar-refractivity contribution is 0.112. The Bertz CT molecular complexity index is 1210. The molecule has 0 fully saturated rings. The zero-order chi connectivity index (χ0) is 20.1. The average Bonchev–Trinajstić information content (AvgIpc) is 2.78. The Labute approximate surface area is 168 Å². The maximum Gasteiger partial charge on any atom is 0.215 e. The van der Waals surface area contributed by atoms with Gasteiger partial charge in [0.15, 0.2) is 6.29 Å². The van der Waals surface area contributed by atoms with E-state index in [1.54, 1.807) is 24.3 Å². The monoisotopic (exact) mass is 381 g/mol. The lowest BCUT2D eigenvalue weighted by atomic mass is 10.1. The molecule has 0 aliphatic rings. The Kier molecular flexibility index (Phi) is 5.34. The van der Waals surface area contributed by atoms with Crippen molar-refractivity contribution in [3.63, 3.8) is 0 Å². The first-order valence-corrected chi connectivity index (χ1v) is 9.33. The first-order valence-electron chi connectivity index (χ1n) is 9.33. The molecule has 0 bridgehead atoms. The summed E-state index contributed by atoms with van der Waals surface area (Å²) in [7, 11) is 0. The van der Waals surface area contributed by atoms with Gasteiger partial charge >= 0.3 is 0 Å². The minimum Gasteiger partial charge on any atom is -0.439 e. The molecule has 0 spiro atoms. The fourth-order valence-corrected chi connectivity index (χ4v) is 3.22. The molecule has 4 rings (SSSR count). The largest absolute Gasteiger partial charge is 0.439 e. The van der Waals surface area contributed by atoms with Crippen LogP contribution in [0.25, 0.3) is 17.0 Å². The van der Waals surface area contributed by atoms with E-state index in [2.05, 4.69) is 0 Å². The number of nitrogens with zero attached hydrogens (tertiary/aromatic N) is 1. The van der Waals surface area contributed by atoms with E-state index in [0.717, 1.165) is 11.3 Å². The number of aldehydes is 1. The Morgan fingerprint density at radius 2 is 1.48 bits per heavy atom. The fraction of sp³-hybridized carbons (Fsp3) is 0.0400. The van der Waals surface area contributed by atoms with E-state index in [-0.39, 0.29) is 16.9 Å². The molecule has 0 aliphatic heterocycles. The number of carbonyl (C=O) groups excluding carboxylic acids is 1. The number of fused-ring (bicyclic) bond motifs is 1. The fourth-order valence-electron chi connectivity index (χ4n) is 3.22. The van der Waals surface area contributed by atoms with Gasteiger partial charge in [-0.15, -0.1) is 0 Å². The highest BCUT2D eigenvalue weighted by Crippen LogP contribution is 2.29. The second kappa shape index (κ2) is 8.40. The van der Waals surface area contributed by atoms with Crippen molar-refractivity contribution >= 4 is 34.9 Å². The highest BCUT2D eigenvalue weighted by molar-refractivity contribution is 5.91. The third-order valence-electron chi connectivity index (χ3n) is 4.64. The van der Waals surface area contributed by atoms with Crippen LogP contribution in [0.4, 0.5) is 11.6 Å². The number of hydrogen-bond acceptors (Lipinski definition) is 4. The molecule has 0 aliphatic carbocycles. The number of rotatable bonds is 6. The van der Waals surface area contributed by atoms with Gasteiger partial charge in [-0.3, -0.25) is 9.59 Å². The molecule has 1 heterocycles. The third-order valence-corrected chi connectivity index (χ3v) is 4.64. The van der Waals surface area contributed by atoms with Crippen molar-refractivity contribution in [2.75, 3.05) is 11.4 Å². The number of benzene rings is 3. The first kappa shape index (κ1) is 18.4. The third kappa shape index (κ3) is 3.87.